The molecule has 0 fully saturated rings. The van der Waals surface area contributed by atoms with Gasteiger partial charge in [-0.05, 0) is 18.4 Å². The van der Waals surface area contributed by atoms with Gasteiger partial charge < -0.3 is 4.74 Å². The molecule has 1 unspecified atom stereocenters. The molecular formula is C15H23N2OSi. The average molecular weight is 275 g/mol. The minimum Gasteiger partial charge on any atom is -0.493 e. The largest absolute Gasteiger partial charge is 0.493 e. The second kappa shape index (κ2) is 9.73. The molecule has 1 atom stereocenters. The second-order valence-electron chi connectivity index (χ2n) is 4.73. The SMILES string of the molecule is CCCCC(CC)COc1ccccc1CN=N[Si]. The fourth-order valence-electron chi connectivity index (χ4n) is 1.99. The lowest BCUT2D eigenvalue weighted by molar-refractivity contribution is 0.231. The Balaban J connectivity index is 2.55. The molecule has 0 spiro atoms. The number of ether oxygens (including phenoxy) is 1. The molecule has 3 nitrogen and oxygen atoms in total. The van der Waals surface area contributed by atoms with Crippen molar-refractivity contribution in [2.45, 2.75) is 46.1 Å². The number of benzene rings is 1. The van der Waals surface area contributed by atoms with Crippen molar-refractivity contribution in [3.8, 4) is 5.75 Å². The summed E-state index contributed by atoms with van der Waals surface area (Å²) in [5, 5.41) is 3.96. The molecule has 0 N–H and O–H groups in total. The first-order valence-corrected chi connectivity index (χ1v) is 7.50. The lowest BCUT2D eigenvalue weighted by Crippen LogP contribution is -2.12. The van der Waals surface area contributed by atoms with Crippen molar-refractivity contribution in [2.24, 2.45) is 15.8 Å². The Morgan fingerprint density at radius 3 is 2.74 bits per heavy atom. The summed E-state index contributed by atoms with van der Waals surface area (Å²) < 4.78 is 9.57. The van der Waals surface area contributed by atoms with Crippen molar-refractivity contribution in [1.82, 2.24) is 0 Å². The highest BCUT2D eigenvalue weighted by Gasteiger charge is 2.08. The summed E-state index contributed by atoms with van der Waals surface area (Å²) in [7, 11) is 3.00. The van der Waals surface area contributed by atoms with Crippen molar-refractivity contribution in [2.75, 3.05) is 6.61 Å². The van der Waals surface area contributed by atoms with Gasteiger partial charge in [-0.3, -0.25) is 0 Å². The first-order chi connectivity index (χ1) is 9.31. The zero-order valence-corrected chi connectivity index (χ0v) is 12.9. The van der Waals surface area contributed by atoms with E-state index in [0.717, 1.165) is 17.9 Å². The van der Waals surface area contributed by atoms with Gasteiger partial charge in [0.1, 0.15) is 5.75 Å². The van der Waals surface area contributed by atoms with Crippen molar-refractivity contribution in [3.63, 3.8) is 0 Å². The number of rotatable bonds is 9. The average Bonchev–Trinajstić information content (AvgIpc) is 2.46. The van der Waals surface area contributed by atoms with Gasteiger partial charge in [0.25, 0.3) is 10.4 Å². The maximum Gasteiger partial charge on any atom is 0.254 e. The Kier molecular flexibility index (Phi) is 8.14. The van der Waals surface area contributed by atoms with Crippen LogP contribution in [0.1, 0.15) is 45.1 Å². The molecule has 0 aromatic heterocycles. The van der Waals surface area contributed by atoms with E-state index in [-0.39, 0.29) is 0 Å². The van der Waals surface area contributed by atoms with Crippen LogP contribution in [-0.2, 0) is 6.54 Å². The van der Waals surface area contributed by atoms with Crippen molar-refractivity contribution in [3.05, 3.63) is 29.8 Å². The predicted molar refractivity (Wildman–Crippen MR) is 79.6 cm³/mol. The highest BCUT2D eigenvalue weighted by molar-refractivity contribution is 6.04. The molecule has 3 radical (unpaired) electrons. The summed E-state index contributed by atoms with van der Waals surface area (Å²) in [6, 6.07) is 8.03. The predicted octanol–water partition coefficient (Wildman–Crippen LogP) is 4.32. The lowest BCUT2D eigenvalue weighted by atomic mass is 10.0. The van der Waals surface area contributed by atoms with E-state index < -0.39 is 0 Å². The van der Waals surface area contributed by atoms with Crippen LogP contribution in [0.25, 0.3) is 0 Å². The molecular weight excluding hydrogens is 252 g/mol. The normalized spacial score (nSPS) is 12.8. The molecule has 0 saturated heterocycles. The number of hydrogen-bond donors (Lipinski definition) is 0. The molecule has 1 aromatic carbocycles. The smallest absolute Gasteiger partial charge is 0.254 e. The first-order valence-electron chi connectivity index (χ1n) is 7.05. The molecule has 103 valence electrons. The first kappa shape index (κ1) is 15.9. The Bertz CT molecular complexity index is 382. The maximum atomic E-state index is 5.97. The molecule has 4 heteroatoms. The molecule has 19 heavy (non-hydrogen) atoms. The molecule has 1 aromatic rings. The van der Waals surface area contributed by atoms with Crippen LogP contribution in [0, 0.1) is 5.92 Å². The highest BCUT2D eigenvalue weighted by Crippen LogP contribution is 2.21. The summed E-state index contributed by atoms with van der Waals surface area (Å²) in [6.45, 7) is 5.80. The Hall–Kier alpha value is -1.16. The minimum atomic E-state index is 0.547. The molecule has 0 saturated carbocycles. The quantitative estimate of drug-likeness (QED) is 0.488. The molecule has 0 aliphatic heterocycles. The van der Waals surface area contributed by atoms with Gasteiger partial charge in [0.15, 0.2) is 0 Å². The van der Waals surface area contributed by atoms with Crippen molar-refractivity contribution >= 4 is 10.4 Å². The van der Waals surface area contributed by atoms with Gasteiger partial charge in [-0.2, -0.15) is 0 Å². The van der Waals surface area contributed by atoms with Crippen molar-refractivity contribution in [1.29, 1.82) is 0 Å². The zero-order chi connectivity index (χ0) is 13.9. The number of para-hydroxylation sites is 1. The molecule has 0 aliphatic rings. The van der Waals surface area contributed by atoms with Gasteiger partial charge in [-0.1, -0.05) is 51.3 Å². The zero-order valence-electron chi connectivity index (χ0n) is 11.9. The van der Waals surface area contributed by atoms with Gasteiger partial charge in [0.05, 0.1) is 13.2 Å². The van der Waals surface area contributed by atoms with Crippen LogP contribution >= 0.6 is 0 Å². The Labute approximate surface area is 120 Å². The van der Waals surface area contributed by atoms with E-state index in [0.29, 0.717) is 12.5 Å². The monoisotopic (exact) mass is 275 g/mol. The highest BCUT2D eigenvalue weighted by atomic mass is 28.2. The van der Waals surface area contributed by atoms with Crippen LogP contribution in [0.5, 0.6) is 5.75 Å². The van der Waals surface area contributed by atoms with Gasteiger partial charge in [0.2, 0.25) is 0 Å². The van der Waals surface area contributed by atoms with Gasteiger partial charge in [-0.15, -0.1) is 0 Å². The molecule has 0 heterocycles. The molecule has 0 amide bonds. The van der Waals surface area contributed by atoms with E-state index in [4.69, 9.17) is 4.74 Å². The van der Waals surface area contributed by atoms with E-state index in [1.54, 1.807) is 0 Å². The summed E-state index contributed by atoms with van der Waals surface area (Å²) in [6.07, 6.45) is 4.94. The van der Waals surface area contributed by atoms with Crippen LogP contribution in [0.15, 0.2) is 34.2 Å². The topological polar surface area (TPSA) is 34.0 Å². The summed E-state index contributed by atoms with van der Waals surface area (Å²) in [4.78, 5) is 0. The lowest BCUT2D eigenvalue weighted by Gasteiger charge is -2.17. The molecule has 0 bridgehead atoms. The van der Waals surface area contributed by atoms with E-state index in [2.05, 4.69) is 34.1 Å². The van der Waals surface area contributed by atoms with Gasteiger partial charge in [0, 0.05) is 5.56 Å². The minimum absolute atomic E-state index is 0.547. The van der Waals surface area contributed by atoms with E-state index >= 15 is 0 Å². The van der Waals surface area contributed by atoms with Crippen LogP contribution in [0.4, 0.5) is 0 Å². The fourth-order valence-corrected chi connectivity index (χ4v) is 2.06. The Morgan fingerprint density at radius 1 is 1.26 bits per heavy atom. The van der Waals surface area contributed by atoms with Crippen LogP contribution in [0.3, 0.4) is 0 Å². The number of nitrogens with zero attached hydrogens (tertiary/aromatic N) is 2. The van der Waals surface area contributed by atoms with Crippen LogP contribution < -0.4 is 4.74 Å². The third-order valence-electron chi connectivity index (χ3n) is 3.30. The summed E-state index contributed by atoms with van der Waals surface area (Å²) in [5.41, 5.74) is 1.08. The number of unbranched alkanes of at least 4 members (excludes halogenated alkanes) is 1. The van der Waals surface area contributed by atoms with E-state index in [9.17, 15) is 0 Å². The summed E-state index contributed by atoms with van der Waals surface area (Å²) >= 11 is 0. The van der Waals surface area contributed by atoms with E-state index in [1.807, 2.05) is 24.3 Å². The van der Waals surface area contributed by atoms with Gasteiger partial charge in [-0.25, -0.2) is 9.89 Å². The maximum absolute atomic E-state index is 5.97. The summed E-state index contributed by atoms with van der Waals surface area (Å²) in [5.74, 6) is 1.57. The molecule has 1 rings (SSSR count). The third kappa shape index (κ3) is 6.01. The van der Waals surface area contributed by atoms with Crippen molar-refractivity contribution < 1.29 is 4.74 Å². The second-order valence-corrected chi connectivity index (χ2v) is 4.93. The molecule has 0 aliphatic carbocycles. The van der Waals surface area contributed by atoms with Gasteiger partial charge >= 0.3 is 0 Å². The standard InChI is InChI=1S/C15H23N2OSi/c1-3-5-8-13(4-2)12-18-15-10-7-6-9-14(15)11-16-17-19/h6-7,9-10,13H,3-5,8,11-12H2,1-2H3. The fraction of sp³-hybridized carbons (Fsp3) is 0.600. The van der Waals surface area contributed by atoms with Crippen LogP contribution in [0.2, 0.25) is 0 Å². The Morgan fingerprint density at radius 2 is 2.05 bits per heavy atom. The third-order valence-corrected chi connectivity index (χ3v) is 3.44. The van der Waals surface area contributed by atoms with Crippen LogP contribution in [-0.4, -0.2) is 17.0 Å². The van der Waals surface area contributed by atoms with E-state index in [1.165, 1.54) is 25.7 Å². The number of hydrogen-bond acceptors (Lipinski definition) is 3.